The number of halogens is 2. The van der Waals surface area contributed by atoms with Crippen LogP contribution in [0.15, 0.2) is 0 Å². The van der Waals surface area contributed by atoms with Crippen molar-refractivity contribution in [2.45, 2.75) is 30.6 Å². The molecule has 0 spiro atoms. The molecule has 8 nitrogen and oxygen atoms in total. The number of carbonyl (C=O) groups excluding carboxylic acids is 3. The van der Waals surface area contributed by atoms with Gasteiger partial charge in [0.15, 0.2) is 18.5 Å². The third-order valence-electron chi connectivity index (χ3n) is 3.73. The zero-order chi connectivity index (χ0) is 16.7. The number of ketones is 1. The van der Waals surface area contributed by atoms with Gasteiger partial charge in [0.25, 0.3) is 0 Å². The van der Waals surface area contributed by atoms with E-state index in [0.29, 0.717) is 19.3 Å². The SMILES string of the molecule is O=C(COC(=O)C(F)(F)S(=O)(=O)O)OC1C(=O)[C@@H]2CCC1C2. The lowest BCUT2D eigenvalue weighted by atomic mass is 9.96. The minimum Gasteiger partial charge on any atom is -0.452 e. The maximum atomic E-state index is 12.8. The van der Waals surface area contributed by atoms with Crippen LogP contribution in [-0.4, -0.2) is 48.7 Å². The van der Waals surface area contributed by atoms with E-state index in [2.05, 4.69) is 4.74 Å². The van der Waals surface area contributed by atoms with Crippen molar-refractivity contribution in [3.05, 3.63) is 0 Å². The van der Waals surface area contributed by atoms with Crippen molar-refractivity contribution in [1.29, 1.82) is 0 Å². The number of hydrogen-bond donors (Lipinski definition) is 1. The molecule has 0 aliphatic heterocycles. The molecule has 3 atom stereocenters. The van der Waals surface area contributed by atoms with Gasteiger partial charge in [0, 0.05) is 11.8 Å². The van der Waals surface area contributed by atoms with Gasteiger partial charge in [-0.05, 0) is 19.3 Å². The van der Waals surface area contributed by atoms with Crippen LogP contribution in [0.5, 0.6) is 0 Å². The molecular formula is C11H12F2O8S. The third kappa shape index (κ3) is 2.95. The Kier molecular flexibility index (Phi) is 4.22. The molecule has 0 aromatic rings. The summed E-state index contributed by atoms with van der Waals surface area (Å²) in [6.07, 6.45) is 1.03. The van der Waals surface area contributed by atoms with Crippen molar-refractivity contribution in [3.8, 4) is 0 Å². The lowest BCUT2D eigenvalue weighted by Crippen LogP contribution is -2.40. The summed E-state index contributed by atoms with van der Waals surface area (Å²) in [5, 5.41) is -5.18. The number of ether oxygens (including phenoxy) is 2. The molecule has 2 bridgehead atoms. The Morgan fingerprint density at radius 2 is 1.95 bits per heavy atom. The van der Waals surface area contributed by atoms with E-state index in [0.717, 1.165) is 0 Å². The van der Waals surface area contributed by atoms with Gasteiger partial charge in [0.2, 0.25) is 0 Å². The van der Waals surface area contributed by atoms with Crippen LogP contribution in [0.2, 0.25) is 0 Å². The molecule has 2 saturated carbocycles. The zero-order valence-corrected chi connectivity index (χ0v) is 11.8. The molecule has 2 fully saturated rings. The Morgan fingerprint density at radius 3 is 2.45 bits per heavy atom. The van der Waals surface area contributed by atoms with Crippen molar-refractivity contribution in [3.63, 3.8) is 0 Å². The van der Waals surface area contributed by atoms with Crippen LogP contribution in [0.4, 0.5) is 8.78 Å². The van der Waals surface area contributed by atoms with Gasteiger partial charge in [-0.25, -0.2) is 9.59 Å². The van der Waals surface area contributed by atoms with E-state index in [1.54, 1.807) is 0 Å². The molecule has 0 heterocycles. The molecule has 1 N–H and O–H groups in total. The standard InChI is InChI=1S/C11H12F2O8S/c12-11(13,22(17,18)19)10(16)20-4-7(14)21-9-6-2-1-5(3-6)8(9)15/h5-6,9H,1-4H2,(H,17,18,19)/t5-,6?,9?/m1/s1. The van der Waals surface area contributed by atoms with Crippen LogP contribution in [0, 0.1) is 11.8 Å². The smallest absolute Gasteiger partial charge is 0.452 e. The first-order valence-corrected chi connectivity index (χ1v) is 7.73. The molecule has 0 saturated heterocycles. The Bertz CT molecular complexity index is 614. The summed E-state index contributed by atoms with van der Waals surface area (Å²) >= 11 is 0. The quantitative estimate of drug-likeness (QED) is 0.543. The van der Waals surface area contributed by atoms with Gasteiger partial charge in [-0.15, -0.1) is 0 Å². The number of Topliss-reactive ketones (excluding diaryl/α,β-unsaturated/α-hetero) is 1. The number of fused-ring (bicyclic) bond motifs is 2. The summed E-state index contributed by atoms with van der Waals surface area (Å²) in [4.78, 5) is 34.0. The number of carbonyl (C=O) groups is 3. The van der Waals surface area contributed by atoms with E-state index in [1.165, 1.54) is 0 Å². The first kappa shape index (κ1) is 16.7. The van der Waals surface area contributed by atoms with E-state index in [1.807, 2.05) is 0 Å². The Labute approximate surface area is 123 Å². The van der Waals surface area contributed by atoms with Gasteiger partial charge < -0.3 is 9.47 Å². The Morgan fingerprint density at radius 1 is 1.32 bits per heavy atom. The van der Waals surface area contributed by atoms with Gasteiger partial charge >= 0.3 is 27.3 Å². The van der Waals surface area contributed by atoms with Crippen LogP contribution in [0.3, 0.4) is 0 Å². The summed E-state index contributed by atoms with van der Waals surface area (Å²) in [5.74, 6) is -4.40. The maximum Gasteiger partial charge on any atom is 0.465 e. The minimum atomic E-state index is -6.00. The Balaban J connectivity index is 1.86. The molecular weight excluding hydrogens is 330 g/mol. The summed E-state index contributed by atoms with van der Waals surface area (Å²) in [6.45, 7) is -1.29. The maximum absolute atomic E-state index is 12.8. The largest absolute Gasteiger partial charge is 0.465 e. The molecule has 0 radical (unpaired) electrons. The van der Waals surface area contributed by atoms with Gasteiger partial charge in [-0.1, -0.05) is 0 Å². The van der Waals surface area contributed by atoms with Crippen molar-refractivity contribution >= 4 is 27.8 Å². The highest BCUT2D eigenvalue weighted by Crippen LogP contribution is 2.43. The van der Waals surface area contributed by atoms with Gasteiger partial charge in [0.1, 0.15) is 0 Å². The second kappa shape index (κ2) is 5.54. The second-order valence-electron chi connectivity index (χ2n) is 5.15. The van der Waals surface area contributed by atoms with E-state index in [-0.39, 0.29) is 17.6 Å². The topological polar surface area (TPSA) is 124 Å². The molecule has 11 heteroatoms. The number of esters is 2. The summed E-state index contributed by atoms with van der Waals surface area (Å²) in [7, 11) is -6.00. The third-order valence-corrected chi connectivity index (χ3v) is 4.54. The van der Waals surface area contributed by atoms with Gasteiger partial charge in [-0.3, -0.25) is 9.35 Å². The molecule has 2 aliphatic rings. The van der Waals surface area contributed by atoms with Gasteiger partial charge in [-0.2, -0.15) is 17.2 Å². The van der Waals surface area contributed by atoms with E-state index in [4.69, 9.17) is 9.29 Å². The number of alkyl halides is 2. The molecule has 2 unspecified atom stereocenters. The normalized spacial score (nSPS) is 27.8. The zero-order valence-electron chi connectivity index (χ0n) is 11.0. The van der Waals surface area contributed by atoms with Crippen molar-refractivity contribution < 1.29 is 45.6 Å². The molecule has 22 heavy (non-hydrogen) atoms. The first-order valence-electron chi connectivity index (χ1n) is 6.29. The molecule has 0 aromatic heterocycles. The van der Waals surface area contributed by atoms with Crippen LogP contribution in [0.25, 0.3) is 0 Å². The van der Waals surface area contributed by atoms with Crippen molar-refractivity contribution in [2.24, 2.45) is 11.8 Å². The number of hydrogen-bond acceptors (Lipinski definition) is 7. The van der Waals surface area contributed by atoms with E-state index >= 15 is 0 Å². The first-order chi connectivity index (χ1) is 10.0. The predicted octanol–water partition coefficient (Wildman–Crippen LogP) is -0.0790. The highest BCUT2D eigenvalue weighted by molar-refractivity contribution is 7.87. The van der Waals surface area contributed by atoms with Crippen LogP contribution in [-0.2, 0) is 34.0 Å². The summed E-state index contributed by atoms with van der Waals surface area (Å²) in [6, 6.07) is 0. The second-order valence-corrected chi connectivity index (χ2v) is 6.61. The molecule has 0 amide bonds. The number of rotatable bonds is 5. The fourth-order valence-corrected chi connectivity index (χ4v) is 2.93. The molecule has 2 rings (SSSR count). The summed E-state index contributed by atoms with van der Waals surface area (Å²) in [5.41, 5.74) is 0. The lowest BCUT2D eigenvalue weighted by Gasteiger charge is -2.20. The van der Waals surface area contributed by atoms with Crippen LogP contribution < -0.4 is 0 Å². The van der Waals surface area contributed by atoms with E-state index in [9.17, 15) is 31.6 Å². The molecule has 2 aliphatic carbocycles. The average Bonchev–Trinajstić information content (AvgIpc) is 2.98. The van der Waals surface area contributed by atoms with Gasteiger partial charge in [0.05, 0.1) is 0 Å². The highest BCUT2D eigenvalue weighted by atomic mass is 32.2. The summed E-state index contributed by atoms with van der Waals surface area (Å²) < 4.78 is 63.0. The highest BCUT2D eigenvalue weighted by Gasteiger charge is 2.54. The van der Waals surface area contributed by atoms with E-state index < -0.39 is 40.0 Å². The fraction of sp³-hybridized carbons (Fsp3) is 0.727. The Hall–Kier alpha value is -1.62. The minimum absolute atomic E-state index is 0.128. The van der Waals surface area contributed by atoms with Crippen LogP contribution >= 0.6 is 0 Å². The molecule has 124 valence electrons. The van der Waals surface area contributed by atoms with Crippen molar-refractivity contribution in [2.75, 3.05) is 6.61 Å². The van der Waals surface area contributed by atoms with Crippen molar-refractivity contribution in [1.82, 2.24) is 0 Å². The average molecular weight is 342 g/mol. The predicted molar refractivity (Wildman–Crippen MR) is 63.2 cm³/mol. The fourth-order valence-electron chi connectivity index (χ4n) is 2.66. The molecule has 0 aromatic carbocycles. The van der Waals surface area contributed by atoms with Crippen LogP contribution in [0.1, 0.15) is 19.3 Å². The lowest BCUT2D eigenvalue weighted by molar-refractivity contribution is -0.173. The monoisotopic (exact) mass is 342 g/mol.